The molecule has 1 aromatic carbocycles. The normalized spacial score (nSPS) is 13.0. The van der Waals surface area contributed by atoms with Gasteiger partial charge >= 0.3 is 5.97 Å². The van der Waals surface area contributed by atoms with Gasteiger partial charge in [-0.25, -0.2) is 0 Å². The summed E-state index contributed by atoms with van der Waals surface area (Å²) in [5, 5.41) is 0. The van der Waals surface area contributed by atoms with Crippen LogP contribution in [0, 0.1) is 0 Å². The Hall–Kier alpha value is -1.57. The fourth-order valence-corrected chi connectivity index (χ4v) is 2.42. The van der Waals surface area contributed by atoms with Crippen molar-refractivity contribution >= 4 is 5.97 Å². The highest BCUT2D eigenvalue weighted by Gasteiger charge is 2.13. The topological polar surface area (TPSA) is 26.3 Å². The van der Waals surface area contributed by atoms with Gasteiger partial charge in [-0.15, -0.1) is 0 Å². The number of hydrogen-bond acceptors (Lipinski definition) is 2. The zero-order valence-corrected chi connectivity index (χ0v) is 13.6. The van der Waals surface area contributed by atoms with E-state index in [-0.39, 0.29) is 5.97 Å². The van der Waals surface area contributed by atoms with Crippen LogP contribution in [-0.4, -0.2) is 12.6 Å². The molecule has 0 N–H and O–H groups in total. The van der Waals surface area contributed by atoms with E-state index in [1.54, 1.807) is 0 Å². The van der Waals surface area contributed by atoms with Crippen LogP contribution in [0.1, 0.15) is 64.4 Å². The highest BCUT2D eigenvalue weighted by atomic mass is 16.5. The Morgan fingerprint density at radius 1 is 1.19 bits per heavy atom. The van der Waals surface area contributed by atoms with E-state index in [1.807, 2.05) is 13.0 Å². The molecule has 2 heteroatoms. The molecule has 1 atom stereocenters. The zero-order chi connectivity index (χ0) is 15.5. The Bertz CT molecular complexity index is 434. The molecule has 0 radical (unpaired) electrons. The van der Waals surface area contributed by atoms with Crippen molar-refractivity contribution < 1.29 is 9.53 Å². The molecule has 0 aromatic heterocycles. The summed E-state index contributed by atoms with van der Waals surface area (Å²) in [6.07, 6.45) is 7.07. The van der Waals surface area contributed by atoms with Gasteiger partial charge in [0.1, 0.15) is 0 Å². The van der Waals surface area contributed by atoms with Gasteiger partial charge < -0.3 is 4.74 Å². The highest BCUT2D eigenvalue weighted by Crippen LogP contribution is 2.28. The first-order valence-corrected chi connectivity index (χ1v) is 8.08. The van der Waals surface area contributed by atoms with E-state index in [4.69, 9.17) is 4.74 Å². The molecule has 116 valence electrons. The molecule has 0 bridgehead atoms. The fourth-order valence-electron chi connectivity index (χ4n) is 2.42. The van der Waals surface area contributed by atoms with Gasteiger partial charge in [-0.05, 0) is 25.3 Å². The number of carbonyl (C=O) groups is 1. The number of esters is 1. The Labute approximate surface area is 129 Å². The van der Waals surface area contributed by atoms with Crippen molar-refractivity contribution in [3.05, 3.63) is 47.5 Å². The molecule has 0 heterocycles. The molecule has 0 amide bonds. The van der Waals surface area contributed by atoms with Gasteiger partial charge in [0.25, 0.3) is 0 Å². The SMILES string of the molecule is CCCC/C=C(/CCC(=O)OCC)[C@H](C)c1ccccc1. The third-order valence-corrected chi connectivity index (χ3v) is 3.74. The molecular weight excluding hydrogens is 260 g/mol. The number of carbonyl (C=O) groups excluding carboxylic acids is 1. The second kappa shape index (κ2) is 10.2. The molecule has 2 nitrogen and oxygen atoms in total. The first kappa shape index (κ1) is 17.5. The molecule has 1 aromatic rings. The lowest BCUT2D eigenvalue weighted by Gasteiger charge is -2.17. The van der Waals surface area contributed by atoms with E-state index in [0.717, 1.165) is 12.8 Å². The minimum Gasteiger partial charge on any atom is -0.466 e. The molecule has 0 aliphatic rings. The second-order valence-electron chi connectivity index (χ2n) is 5.36. The zero-order valence-electron chi connectivity index (χ0n) is 13.6. The maximum atomic E-state index is 11.6. The van der Waals surface area contributed by atoms with Crippen LogP contribution in [0.15, 0.2) is 42.0 Å². The highest BCUT2D eigenvalue weighted by molar-refractivity contribution is 5.69. The predicted molar refractivity (Wildman–Crippen MR) is 88.3 cm³/mol. The fraction of sp³-hybridized carbons (Fsp3) is 0.526. The van der Waals surface area contributed by atoms with E-state index in [1.165, 1.54) is 24.0 Å². The van der Waals surface area contributed by atoms with Gasteiger partial charge in [0, 0.05) is 12.3 Å². The summed E-state index contributed by atoms with van der Waals surface area (Å²) in [4.78, 5) is 11.6. The molecule has 0 spiro atoms. The number of hydrogen-bond donors (Lipinski definition) is 0. The summed E-state index contributed by atoms with van der Waals surface area (Å²) in [6, 6.07) is 10.5. The molecule has 1 rings (SSSR count). The quantitative estimate of drug-likeness (QED) is 0.352. The Morgan fingerprint density at radius 2 is 1.90 bits per heavy atom. The smallest absolute Gasteiger partial charge is 0.306 e. The van der Waals surface area contributed by atoms with E-state index in [2.05, 4.69) is 44.2 Å². The first-order valence-electron chi connectivity index (χ1n) is 8.08. The van der Waals surface area contributed by atoms with Crippen LogP contribution in [0.4, 0.5) is 0 Å². The monoisotopic (exact) mass is 288 g/mol. The van der Waals surface area contributed by atoms with Gasteiger partial charge in [-0.3, -0.25) is 4.79 Å². The molecule has 0 fully saturated rings. The third kappa shape index (κ3) is 6.61. The number of rotatable bonds is 9. The second-order valence-corrected chi connectivity index (χ2v) is 5.36. The number of allylic oxidation sites excluding steroid dienone is 2. The summed E-state index contributed by atoms with van der Waals surface area (Å²) >= 11 is 0. The molecule has 0 aliphatic carbocycles. The average Bonchev–Trinajstić information content (AvgIpc) is 2.51. The minimum absolute atomic E-state index is 0.0980. The molecular formula is C19H28O2. The van der Waals surface area contributed by atoms with Crippen LogP contribution in [0.25, 0.3) is 0 Å². The van der Waals surface area contributed by atoms with Crippen molar-refractivity contribution in [2.75, 3.05) is 6.61 Å². The molecule has 0 unspecified atom stereocenters. The Morgan fingerprint density at radius 3 is 2.52 bits per heavy atom. The number of benzene rings is 1. The van der Waals surface area contributed by atoms with Crippen molar-refractivity contribution in [3.63, 3.8) is 0 Å². The van der Waals surface area contributed by atoms with Crippen molar-refractivity contribution in [1.82, 2.24) is 0 Å². The van der Waals surface area contributed by atoms with Crippen molar-refractivity contribution in [2.24, 2.45) is 0 Å². The lowest BCUT2D eigenvalue weighted by Crippen LogP contribution is -2.06. The lowest BCUT2D eigenvalue weighted by molar-refractivity contribution is -0.143. The van der Waals surface area contributed by atoms with Crippen LogP contribution in [0.2, 0.25) is 0 Å². The summed E-state index contributed by atoms with van der Waals surface area (Å²) in [5.41, 5.74) is 2.66. The minimum atomic E-state index is -0.0980. The van der Waals surface area contributed by atoms with Crippen LogP contribution in [0.5, 0.6) is 0 Å². The van der Waals surface area contributed by atoms with Crippen molar-refractivity contribution in [3.8, 4) is 0 Å². The Balaban J connectivity index is 2.72. The van der Waals surface area contributed by atoms with Gasteiger partial charge in [-0.2, -0.15) is 0 Å². The molecule has 21 heavy (non-hydrogen) atoms. The summed E-state index contributed by atoms with van der Waals surface area (Å²) in [6.45, 7) is 6.73. The maximum Gasteiger partial charge on any atom is 0.306 e. The van der Waals surface area contributed by atoms with E-state index in [0.29, 0.717) is 18.9 Å². The molecule has 0 saturated carbocycles. The van der Waals surface area contributed by atoms with Gasteiger partial charge in [0.2, 0.25) is 0 Å². The van der Waals surface area contributed by atoms with Crippen molar-refractivity contribution in [1.29, 1.82) is 0 Å². The average molecular weight is 288 g/mol. The lowest BCUT2D eigenvalue weighted by atomic mass is 9.89. The van der Waals surface area contributed by atoms with E-state index >= 15 is 0 Å². The molecule has 0 aliphatic heterocycles. The summed E-state index contributed by atoms with van der Waals surface area (Å²) < 4.78 is 5.04. The van der Waals surface area contributed by atoms with Gasteiger partial charge in [0.15, 0.2) is 0 Å². The summed E-state index contributed by atoms with van der Waals surface area (Å²) in [7, 11) is 0. The maximum absolute atomic E-state index is 11.6. The van der Waals surface area contributed by atoms with Crippen molar-refractivity contribution in [2.45, 2.75) is 58.8 Å². The Kier molecular flexibility index (Phi) is 8.49. The number of unbranched alkanes of at least 4 members (excludes halogenated alkanes) is 2. The predicted octanol–water partition coefficient (Wildman–Crippen LogP) is 5.25. The van der Waals surface area contributed by atoms with Crippen LogP contribution >= 0.6 is 0 Å². The number of ether oxygens (including phenoxy) is 1. The van der Waals surface area contributed by atoms with E-state index in [9.17, 15) is 4.79 Å². The van der Waals surface area contributed by atoms with Crippen LogP contribution < -0.4 is 0 Å². The standard InChI is InChI=1S/C19H28O2/c1-4-6-8-11-18(14-15-19(20)21-5-2)16(3)17-12-9-7-10-13-17/h7,9-13,16H,4-6,8,14-15H2,1-3H3/b18-11-/t16-/m1/s1. The van der Waals surface area contributed by atoms with E-state index < -0.39 is 0 Å². The summed E-state index contributed by atoms with van der Waals surface area (Å²) in [5.74, 6) is 0.261. The molecule has 0 saturated heterocycles. The van der Waals surface area contributed by atoms with Crippen LogP contribution in [0.3, 0.4) is 0 Å². The third-order valence-electron chi connectivity index (χ3n) is 3.74. The van der Waals surface area contributed by atoms with Crippen LogP contribution in [-0.2, 0) is 9.53 Å². The first-order chi connectivity index (χ1) is 10.2. The van der Waals surface area contributed by atoms with Gasteiger partial charge in [-0.1, -0.05) is 68.7 Å². The largest absolute Gasteiger partial charge is 0.466 e. The van der Waals surface area contributed by atoms with Gasteiger partial charge in [0.05, 0.1) is 6.61 Å².